The van der Waals surface area contributed by atoms with E-state index in [1.165, 1.54) is 18.2 Å². The first-order valence-corrected chi connectivity index (χ1v) is 9.36. The first-order chi connectivity index (χ1) is 14.3. The van der Waals surface area contributed by atoms with Crippen LogP contribution in [0.5, 0.6) is 0 Å². The molecule has 150 valence electrons. The van der Waals surface area contributed by atoms with Gasteiger partial charge in [0, 0.05) is 5.92 Å². The van der Waals surface area contributed by atoms with Crippen molar-refractivity contribution in [1.29, 1.82) is 10.5 Å². The van der Waals surface area contributed by atoms with Crippen molar-refractivity contribution in [3.05, 3.63) is 58.4 Å². The van der Waals surface area contributed by atoms with Crippen LogP contribution in [0.3, 0.4) is 0 Å². The number of amides is 2. The van der Waals surface area contributed by atoms with Crippen molar-refractivity contribution in [3.63, 3.8) is 0 Å². The van der Waals surface area contributed by atoms with Crippen molar-refractivity contribution in [3.8, 4) is 12.1 Å². The number of carbonyl (C=O) groups excluding carboxylic acids is 2. The summed E-state index contributed by atoms with van der Waals surface area (Å²) in [6.45, 7) is 3.81. The largest absolute Gasteiger partial charge is 0.272 e. The van der Waals surface area contributed by atoms with E-state index in [0.717, 1.165) is 6.07 Å². The van der Waals surface area contributed by atoms with Crippen molar-refractivity contribution in [2.75, 3.05) is 0 Å². The molecule has 2 unspecified atom stereocenters. The smallest absolute Gasteiger partial charge is 0.272 e. The number of nitriles is 2. The van der Waals surface area contributed by atoms with Gasteiger partial charge < -0.3 is 0 Å². The quantitative estimate of drug-likeness (QED) is 0.736. The maximum absolute atomic E-state index is 13.8. The fourth-order valence-electron chi connectivity index (χ4n) is 4.85. The number of aromatic nitrogens is 2. The van der Waals surface area contributed by atoms with Crippen LogP contribution >= 0.6 is 0 Å². The maximum atomic E-state index is 13.8. The van der Waals surface area contributed by atoms with Crippen molar-refractivity contribution in [1.82, 2.24) is 20.8 Å². The number of hydrazine groups is 1. The van der Waals surface area contributed by atoms with Crippen LogP contribution in [0.4, 0.5) is 4.39 Å². The summed E-state index contributed by atoms with van der Waals surface area (Å²) in [5.74, 6) is -2.12. The molecule has 0 spiro atoms. The van der Waals surface area contributed by atoms with E-state index < -0.39 is 28.5 Å². The summed E-state index contributed by atoms with van der Waals surface area (Å²) < 4.78 is 13.8. The van der Waals surface area contributed by atoms with Gasteiger partial charge >= 0.3 is 0 Å². The zero-order valence-corrected chi connectivity index (χ0v) is 16.3. The fraction of sp³-hybridized carbons (Fsp3) is 0.333. The third-order valence-electron chi connectivity index (χ3n) is 6.44. The van der Waals surface area contributed by atoms with Crippen molar-refractivity contribution in [2.45, 2.75) is 38.0 Å². The van der Waals surface area contributed by atoms with Gasteiger partial charge in [-0.1, -0.05) is 26.0 Å². The van der Waals surface area contributed by atoms with Gasteiger partial charge in [-0.2, -0.15) is 10.5 Å². The van der Waals surface area contributed by atoms with Crippen LogP contribution in [0, 0.1) is 33.9 Å². The van der Waals surface area contributed by atoms with Crippen LogP contribution in [0.2, 0.25) is 0 Å². The Morgan fingerprint density at radius 2 is 1.80 bits per heavy atom. The molecule has 30 heavy (non-hydrogen) atoms. The summed E-state index contributed by atoms with van der Waals surface area (Å²) in [5, 5.41) is 18.6. The summed E-state index contributed by atoms with van der Waals surface area (Å²) in [5.41, 5.74) is 3.43. The number of benzene rings is 1. The lowest BCUT2D eigenvalue weighted by atomic mass is 9.68. The average Bonchev–Trinajstić information content (AvgIpc) is 3.12. The van der Waals surface area contributed by atoms with Gasteiger partial charge in [0.05, 0.1) is 17.0 Å². The van der Waals surface area contributed by atoms with E-state index >= 15 is 0 Å². The number of nitrogens with one attached hydrogen (secondary N) is 2. The molecule has 0 saturated heterocycles. The normalized spacial score (nSPS) is 22.5. The Morgan fingerprint density at radius 3 is 2.47 bits per heavy atom. The van der Waals surface area contributed by atoms with Gasteiger partial charge in [-0.15, -0.1) is 0 Å². The standard InChI is InChI=1S/C21H17FN6O2/c1-20(2)12-7-8-21(20,17-16(12)25-14(9-23)15(10-24)26-17)19(30)28-27-18(29)11-5-3-4-6-13(11)22/h3-6,12H,7-8H2,1-2H3,(H,27,29)(H,28,30). The maximum Gasteiger partial charge on any atom is 0.272 e. The lowest BCUT2D eigenvalue weighted by Crippen LogP contribution is -2.55. The second-order valence-corrected chi connectivity index (χ2v) is 7.98. The van der Waals surface area contributed by atoms with Crippen LogP contribution in [0.25, 0.3) is 0 Å². The number of halogens is 1. The Balaban J connectivity index is 1.69. The average molecular weight is 404 g/mol. The van der Waals surface area contributed by atoms with E-state index in [1.807, 2.05) is 26.0 Å². The van der Waals surface area contributed by atoms with Crippen LogP contribution < -0.4 is 10.9 Å². The highest BCUT2D eigenvalue weighted by atomic mass is 19.1. The van der Waals surface area contributed by atoms with Gasteiger partial charge in [0.2, 0.25) is 0 Å². The summed E-state index contributed by atoms with van der Waals surface area (Å²) in [7, 11) is 0. The summed E-state index contributed by atoms with van der Waals surface area (Å²) in [6, 6.07) is 9.17. The van der Waals surface area contributed by atoms with Gasteiger partial charge in [0.1, 0.15) is 23.4 Å². The SMILES string of the molecule is CC1(C)C2CCC1(C(=O)NNC(=O)c1ccccc1F)c1nc(C#N)c(C#N)nc12. The zero-order valence-electron chi connectivity index (χ0n) is 16.3. The summed E-state index contributed by atoms with van der Waals surface area (Å²) >= 11 is 0. The molecule has 1 aromatic heterocycles. The monoisotopic (exact) mass is 404 g/mol. The molecule has 1 aromatic carbocycles. The second kappa shape index (κ2) is 6.60. The second-order valence-electron chi connectivity index (χ2n) is 7.98. The Morgan fingerprint density at radius 1 is 1.13 bits per heavy atom. The predicted octanol–water partition coefficient (Wildman–Crippen LogP) is 1.98. The highest BCUT2D eigenvalue weighted by Gasteiger charge is 2.68. The summed E-state index contributed by atoms with van der Waals surface area (Å²) in [4.78, 5) is 34.3. The molecular formula is C21H17FN6O2. The molecular weight excluding hydrogens is 387 g/mol. The first kappa shape index (κ1) is 19.5. The van der Waals surface area contributed by atoms with Crippen molar-refractivity contribution >= 4 is 11.8 Å². The van der Waals surface area contributed by atoms with Crippen LogP contribution in [0.15, 0.2) is 24.3 Å². The van der Waals surface area contributed by atoms with Crippen LogP contribution in [-0.4, -0.2) is 21.8 Å². The summed E-state index contributed by atoms with van der Waals surface area (Å²) in [6.07, 6.45) is 1.10. The molecule has 2 aliphatic rings. The minimum atomic E-state index is -1.14. The predicted molar refractivity (Wildman–Crippen MR) is 101 cm³/mol. The van der Waals surface area contributed by atoms with Crippen LogP contribution in [-0.2, 0) is 10.2 Å². The Bertz CT molecular complexity index is 1180. The van der Waals surface area contributed by atoms with E-state index in [2.05, 4.69) is 20.8 Å². The van der Waals surface area contributed by atoms with Gasteiger partial charge in [-0.3, -0.25) is 20.4 Å². The van der Waals surface area contributed by atoms with E-state index in [-0.39, 0.29) is 22.9 Å². The Labute approximate surface area is 171 Å². The number of fused-ring (bicyclic) bond motifs is 5. The highest BCUT2D eigenvalue weighted by molar-refractivity contribution is 5.98. The molecule has 2 amide bonds. The van der Waals surface area contributed by atoms with Crippen LogP contribution in [0.1, 0.15) is 65.7 Å². The van der Waals surface area contributed by atoms with Gasteiger partial charge in [-0.05, 0) is 30.4 Å². The van der Waals surface area contributed by atoms with E-state index in [1.54, 1.807) is 0 Å². The lowest BCUT2D eigenvalue weighted by Gasteiger charge is -2.36. The number of nitrogens with zero attached hydrogens (tertiary/aromatic N) is 4. The molecule has 1 saturated carbocycles. The molecule has 2 aromatic rings. The fourth-order valence-corrected chi connectivity index (χ4v) is 4.85. The minimum Gasteiger partial charge on any atom is -0.272 e. The van der Waals surface area contributed by atoms with E-state index in [4.69, 9.17) is 0 Å². The van der Waals surface area contributed by atoms with E-state index in [0.29, 0.717) is 24.2 Å². The van der Waals surface area contributed by atoms with Gasteiger partial charge in [0.25, 0.3) is 11.8 Å². The molecule has 2 bridgehead atoms. The molecule has 4 rings (SSSR count). The molecule has 0 aliphatic heterocycles. The lowest BCUT2D eigenvalue weighted by molar-refractivity contribution is -0.130. The topological polar surface area (TPSA) is 132 Å². The highest BCUT2D eigenvalue weighted by Crippen LogP contribution is 2.67. The molecule has 1 fully saturated rings. The molecule has 2 aliphatic carbocycles. The third kappa shape index (κ3) is 2.42. The number of rotatable bonds is 2. The van der Waals surface area contributed by atoms with E-state index in [9.17, 15) is 24.5 Å². The number of hydrogen-bond donors (Lipinski definition) is 2. The van der Waals surface area contributed by atoms with Gasteiger partial charge in [0.15, 0.2) is 11.4 Å². The van der Waals surface area contributed by atoms with Crippen molar-refractivity contribution in [2.24, 2.45) is 5.41 Å². The third-order valence-corrected chi connectivity index (χ3v) is 6.44. The molecule has 8 nitrogen and oxygen atoms in total. The molecule has 2 N–H and O–H groups in total. The first-order valence-electron chi connectivity index (χ1n) is 9.36. The number of hydrogen-bond acceptors (Lipinski definition) is 6. The number of carbonyl (C=O) groups is 2. The Kier molecular flexibility index (Phi) is 4.28. The molecule has 0 radical (unpaired) electrons. The molecule has 1 heterocycles. The minimum absolute atomic E-state index is 0.0667. The Hall–Kier alpha value is -3.85. The molecule has 2 atom stereocenters. The van der Waals surface area contributed by atoms with Gasteiger partial charge in [-0.25, -0.2) is 14.4 Å². The van der Waals surface area contributed by atoms with Crippen molar-refractivity contribution < 1.29 is 14.0 Å². The molecule has 9 heteroatoms. The zero-order chi connectivity index (χ0) is 21.7.